The Labute approximate surface area is 118 Å². The minimum atomic E-state index is -0.342. The fourth-order valence-corrected chi connectivity index (χ4v) is 1.89. The first-order valence-electron chi connectivity index (χ1n) is 5.57. The smallest absolute Gasteiger partial charge is 0.136 e. The van der Waals surface area contributed by atoms with Crippen LogP contribution in [0, 0.1) is 11.2 Å². The van der Waals surface area contributed by atoms with Gasteiger partial charge in [0.1, 0.15) is 24.0 Å². The molecule has 2 aromatic carbocycles. The number of nitrogens with two attached hydrogens (primary N) is 1. The summed E-state index contributed by atoms with van der Waals surface area (Å²) in [5, 5.41) is 7.29. The van der Waals surface area contributed by atoms with Crippen LogP contribution < -0.4 is 10.5 Å². The molecule has 0 radical (unpaired) electrons. The minimum Gasteiger partial charge on any atom is -0.488 e. The highest BCUT2D eigenvalue weighted by Crippen LogP contribution is 2.26. The molecule has 0 saturated carbocycles. The van der Waals surface area contributed by atoms with Gasteiger partial charge in [0.15, 0.2) is 0 Å². The Kier molecular flexibility index (Phi) is 4.16. The van der Waals surface area contributed by atoms with Crippen molar-refractivity contribution in [3.8, 4) is 5.75 Å². The first kappa shape index (κ1) is 13.5. The Hall–Kier alpha value is -1.88. The van der Waals surface area contributed by atoms with E-state index in [1.807, 2.05) is 12.1 Å². The van der Waals surface area contributed by atoms with E-state index in [1.54, 1.807) is 18.2 Å². The van der Waals surface area contributed by atoms with Crippen molar-refractivity contribution >= 4 is 21.8 Å². The summed E-state index contributed by atoms with van der Waals surface area (Å²) in [5.41, 5.74) is 6.95. The number of nitrogen functional groups attached to an aromatic ring is 1. The zero-order valence-corrected chi connectivity index (χ0v) is 11.6. The molecule has 0 aromatic heterocycles. The summed E-state index contributed by atoms with van der Waals surface area (Å²) in [6.45, 7) is 0.320. The summed E-state index contributed by atoms with van der Waals surface area (Å²) in [4.78, 5) is 0. The van der Waals surface area contributed by atoms with Gasteiger partial charge in [0.2, 0.25) is 0 Å². The number of benzene rings is 2. The van der Waals surface area contributed by atoms with Crippen LogP contribution in [0.3, 0.4) is 0 Å². The second-order valence-electron chi connectivity index (χ2n) is 3.97. The number of amidine groups is 1. The molecule has 3 nitrogen and oxygen atoms in total. The zero-order chi connectivity index (χ0) is 13.8. The topological polar surface area (TPSA) is 59.1 Å². The number of rotatable bonds is 4. The Morgan fingerprint density at radius 1 is 1.21 bits per heavy atom. The Balaban J connectivity index is 2.06. The normalized spacial score (nSPS) is 10.2. The third kappa shape index (κ3) is 3.54. The molecule has 0 amide bonds. The molecule has 0 heterocycles. The molecule has 0 aliphatic carbocycles. The van der Waals surface area contributed by atoms with Crippen LogP contribution in [0.15, 0.2) is 46.9 Å². The lowest BCUT2D eigenvalue weighted by atomic mass is 10.1. The summed E-state index contributed by atoms with van der Waals surface area (Å²) < 4.78 is 19.3. The van der Waals surface area contributed by atoms with Crippen molar-refractivity contribution in [1.29, 1.82) is 5.41 Å². The van der Waals surface area contributed by atoms with Gasteiger partial charge in [-0.3, -0.25) is 5.41 Å². The Morgan fingerprint density at radius 2 is 1.89 bits per heavy atom. The van der Waals surface area contributed by atoms with Crippen LogP contribution in [0.5, 0.6) is 5.75 Å². The van der Waals surface area contributed by atoms with Gasteiger partial charge in [0.25, 0.3) is 0 Å². The molecule has 0 aliphatic rings. The van der Waals surface area contributed by atoms with Crippen molar-refractivity contribution in [3.05, 3.63) is 63.9 Å². The molecular weight excluding hydrogens is 311 g/mol. The molecule has 0 saturated heterocycles. The highest BCUT2D eigenvalue weighted by Gasteiger charge is 2.04. The van der Waals surface area contributed by atoms with Crippen molar-refractivity contribution in [2.24, 2.45) is 5.73 Å². The number of ether oxygens (including phenoxy) is 1. The van der Waals surface area contributed by atoms with Gasteiger partial charge in [0, 0.05) is 11.6 Å². The first-order valence-corrected chi connectivity index (χ1v) is 6.37. The molecule has 0 fully saturated rings. The summed E-state index contributed by atoms with van der Waals surface area (Å²) >= 11 is 3.30. The Morgan fingerprint density at radius 3 is 2.53 bits per heavy atom. The van der Waals surface area contributed by atoms with E-state index in [2.05, 4.69) is 15.9 Å². The molecular formula is C14H12BrFN2O. The van der Waals surface area contributed by atoms with Crippen LogP contribution in [-0.2, 0) is 6.61 Å². The highest BCUT2D eigenvalue weighted by molar-refractivity contribution is 9.10. The van der Waals surface area contributed by atoms with Crippen LogP contribution in [0.1, 0.15) is 11.1 Å². The number of hydrogen-bond donors (Lipinski definition) is 2. The number of nitrogens with one attached hydrogen (secondary N) is 1. The lowest BCUT2D eigenvalue weighted by Gasteiger charge is -2.08. The third-order valence-corrected chi connectivity index (χ3v) is 3.21. The Bertz CT molecular complexity index is 599. The van der Waals surface area contributed by atoms with Crippen LogP contribution in [0.25, 0.3) is 0 Å². The predicted octanol–water partition coefficient (Wildman–Crippen LogP) is 3.45. The van der Waals surface area contributed by atoms with Gasteiger partial charge in [-0.2, -0.15) is 0 Å². The summed E-state index contributed by atoms with van der Waals surface area (Å²) in [5.74, 6) is 0.140. The van der Waals surface area contributed by atoms with E-state index in [0.717, 1.165) is 5.56 Å². The highest BCUT2D eigenvalue weighted by atomic mass is 79.9. The first-order chi connectivity index (χ1) is 9.06. The summed E-state index contributed by atoms with van der Waals surface area (Å²) in [7, 11) is 0. The molecule has 19 heavy (non-hydrogen) atoms. The fourth-order valence-electron chi connectivity index (χ4n) is 1.53. The van der Waals surface area contributed by atoms with Gasteiger partial charge in [-0.25, -0.2) is 4.39 Å². The average Bonchev–Trinajstić information content (AvgIpc) is 2.40. The van der Waals surface area contributed by atoms with Crippen molar-refractivity contribution in [2.45, 2.75) is 6.61 Å². The maximum Gasteiger partial charge on any atom is 0.136 e. The largest absolute Gasteiger partial charge is 0.488 e. The molecule has 0 bridgehead atoms. The van der Waals surface area contributed by atoms with Crippen LogP contribution in [0.2, 0.25) is 0 Å². The van der Waals surface area contributed by atoms with Gasteiger partial charge < -0.3 is 10.5 Å². The quantitative estimate of drug-likeness (QED) is 0.669. The van der Waals surface area contributed by atoms with Crippen LogP contribution in [-0.4, -0.2) is 5.84 Å². The number of halogens is 2. The van der Waals surface area contributed by atoms with Gasteiger partial charge in [-0.15, -0.1) is 0 Å². The molecule has 5 heteroatoms. The molecule has 98 valence electrons. The maximum absolute atomic E-state index is 13.1. The van der Waals surface area contributed by atoms with E-state index in [9.17, 15) is 4.39 Å². The van der Waals surface area contributed by atoms with E-state index in [-0.39, 0.29) is 11.7 Å². The van der Waals surface area contributed by atoms with Crippen molar-refractivity contribution < 1.29 is 9.13 Å². The van der Waals surface area contributed by atoms with Gasteiger partial charge >= 0.3 is 0 Å². The predicted molar refractivity (Wildman–Crippen MR) is 75.9 cm³/mol. The third-order valence-electron chi connectivity index (χ3n) is 2.55. The molecule has 0 aliphatic heterocycles. The molecule has 2 rings (SSSR count). The van der Waals surface area contributed by atoms with E-state index < -0.39 is 0 Å². The van der Waals surface area contributed by atoms with E-state index >= 15 is 0 Å². The lowest BCUT2D eigenvalue weighted by Crippen LogP contribution is -2.10. The molecule has 2 aromatic rings. The second kappa shape index (κ2) is 5.84. The second-order valence-corrected chi connectivity index (χ2v) is 4.83. The molecule has 0 spiro atoms. The van der Waals surface area contributed by atoms with E-state index in [4.69, 9.17) is 15.9 Å². The average molecular weight is 323 g/mol. The molecule has 0 atom stereocenters. The molecule has 0 unspecified atom stereocenters. The lowest BCUT2D eigenvalue weighted by molar-refractivity contribution is 0.302. The van der Waals surface area contributed by atoms with Gasteiger partial charge in [-0.05, 0) is 33.6 Å². The monoisotopic (exact) mass is 322 g/mol. The van der Waals surface area contributed by atoms with Crippen LogP contribution in [0.4, 0.5) is 4.39 Å². The van der Waals surface area contributed by atoms with Crippen molar-refractivity contribution in [3.63, 3.8) is 0 Å². The minimum absolute atomic E-state index is 0.0281. The maximum atomic E-state index is 13.1. The van der Waals surface area contributed by atoms with Crippen molar-refractivity contribution in [2.75, 3.05) is 0 Å². The van der Waals surface area contributed by atoms with Crippen LogP contribution >= 0.6 is 15.9 Å². The van der Waals surface area contributed by atoms with Gasteiger partial charge in [0.05, 0.1) is 4.47 Å². The number of hydrogen-bond acceptors (Lipinski definition) is 2. The zero-order valence-electron chi connectivity index (χ0n) is 9.99. The fraction of sp³-hybridized carbons (Fsp3) is 0.0714. The van der Waals surface area contributed by atoms with E-state index in [1.165, 1.54) is 12.1 Å². The summed E-state index contributed by atoms with van der Waals surface area (Å²) in [6.07, 6.45) is 0. The van der Waals surface area contributed by atoms with Gasteiger partial charge in [-0.1, -0.05) is 24.3 Å². The summed E-state index contributed by atoms with van der Waals surface area (Å²) in [6, 6.07) is 11.4. The molecule has 3 N–H and O–H groups in total. The van der Waals surface area contributed by atoms with E-state index in [0.29, 0.717) is 22.4 Å². The standard InChI is InChI=1S/C14H12BrFN2O/c15-12-6-5-11(16)7-13(12)19-8-9-1-3-10(4-2-9)14(17)18/h1-7H,8H2,(H3,17,18). The SMILES string of the molecule is N=C(N)c1ccc(COc2cc(F)ccc2Br)cc1. The van der Waals surface area contributed by atoms with Crippen molar-refractivity contribution in [1.82, 2.24) is 0 Å².